The Morgan fingerprint density at radius 2 is 1.53 bits per heavy atom. The van der Waals surface area contributed by atoms with Gasteiger partial charge < -0.3 is 43.1 Å². The highest BCUT2D eigenvalue weighted by Crippen LogP contribution is 2.38. The fraction of sp³-hybridized carbons (Fsp3) is 0.756. The number of ketones is 2. The highest BCUT2D eigenvalue weighted by atomic mass is 28.4. The minimum atomic E-state index is -2.40. The molecule has 0 aromatic rings. The molecule has 0 bridgehead atoms. The van der Waals surface area contributed by atoms with Crippen molar-refractivity contribution in [2.45, 2.75) is 181 Å². The highest BCUT2D eigenvalue weighted by Gasteiger charge is 2.52. The molecule has 14 nitrogen and oxygen atoms in total. The second-order valence-corrected chi connectivity index (χ2v) is 21.7. The molecule has 0 amide bonds. The normalized spacial score (nSPS) is 33.7. The molecule has 2 N–H and O–H groups in total. The first-order valence-corrected chi connectivity index (χ1v) is 24.0. The number of likely N-dealkylation sites (N-methyl/N-ethyl adjacent to an activating group) is 1. The van der Waals surface area contributed by atoms with Gasteiger partial charge in [-0.1, -0.05) is 65.3 Å². The Balaban J connectivity index is 0.0000180. The third kappa shape index (κ3) is 15.4. The van der Waals surface area contributed by atoms with Crippen LogP contribution < -0.4 is 0 Å². The Hall–Kier alpha value is -3.05. The Morgan fingerprint density at radius 1 is 0.950 bits per heavy atom. The summed E-state index contributed by atoms with van der Waals surface area (Å²) in [6.45, 7) is 25.6. The molecule has 12 atom stereocenters. The minimum Gasteiger partial charge on any atom is -0.462 e. The van der Waals surface area contributed by atoms with Gasteiger partial charge in [-0.05, 0) is 84.8 Å². The summed E-state index contributed by atoms with van der Waals surface area (Å²) in [6, 6.07) is 1.79. The van der Waals surface area contributed by atoms with Gasteiger partial charge in [0.15, 0.2) is 26.5 Å². The molecule has 0 spiro atoms. The Kier molecular flexibility index (Phi) is 23.0. The molecular weight excluding hydrogens is 791 g/mol. The van der Waals surface area contributed by atoms with Crippen LogP contribution in [0.1, 0.15) is 109 Å². The average molecular weight is 868 g/mol. The number of rotatable bonds is 16. The van der Waals surface area contributed by atoms with E-state index in [1.807, 2.05) is 38.7 Å². The molecule has 0 aromatic heterocycles. The van der Waals surface area contributed by atoms with Crippen molar-refractivity contribution in [2.75, 3.05) is 20.7 Å². The Morgan fingerprint density at radius 3 is 2.03 bits per heavy atom. The van der Waals surface area contributed by atoms with Crippen LogP contribution in [0.15, 0.2) is 36.5 Å². The molecule has 0 aliphatic carbocycles. The zero-order chi connectivity index (χ0) is 44.8. The van der Waals surface area contributed by atoms with Gasteiger partial charge >= 0.3 is 17.9 Å². The van der Waals surface area contributed by atoms with E-state index >= 15 is 0 Å². The zero-order valence-corrected chi connectivity index (χ0v) is 39.9. The van der Waals surface area contributed by atoms with Crippen molar-refractivity contribution in [1.82, 2.24) is 4.90 Å². The maximum Gasteiger partial charge on any atom is 0.308 e. The predicted molar refractivity (Wildman–Crippen MR) is 232 cm³/mol. The maximum atomic E-state index is 14.3. The SMILES string of the molecule is C=CCO[C@@]1(C)C[C@H](C)[C@H](OC2OC(C)C(OC(C)=O)C(N(C)C)C2OC(C)=O)[C@@H](C)[C@H](O[Si](CC)(CC)CC)CC(=O)OC(CC)C(CC(C)=O)/C=C(C)/C=C/C1=O.O. The van der Waals surface area contributed by atoms with Gasteiger partial charge in [0.05, 0.1) is 37.4 Å². The van der Waals surface area contributed by atoms with Crippen LogP contribution in [0.5, 0.6) is 0 Å². The third-order valence-electron chi connectivity index (χ3n) is 12.0. The molecule has 0 saturated carbocycles. The smallest absolute Gasteiger partial charge is 0.308 e. The number of esters is 3. The summed E-state index contributed by atoms with van der Waals surface area (Å²) in [4.78, 5) is 67.8. The molecule has 2 rings (SSSR count). The summed E-state index contributed by atoms with van der Waals surface area (Å²) in [5, 5.41) is 0. The second-order valence-electron chi connectivity index (χ2n) is 17.0. The van der Waals surface area contributed by atoms with E-state index in [0.29, 0.717) is 6.42 Å². The number of hydrogen-bond acceptors (Lipinski definition) is 13. The molecule has 344 valence electrons. The molecule has 2 heterocycles. The van der Waals surface area contributed by atoms with Gasteiger partial charge in [-0.2, -0.15) is 0 Å². The number of carbonyl (C=O) groups excluding carboxylic acids is 5. The topological polar surface area (TPSA) is 185 Å². The summed E-state index contributed by atoms with van der Waals surface area (Å²) in [5.41, 5.74) is -0.617. The molecule has 0 radical (unpaired) electrons. The van der Waals surface area contributed by atoms with Crippen LogP contribution in [-0.4, -0.2) is 123 Å². The molecular formula is C45H77NO13Si. The van der Waals surface area contributed by atoms with Crippen molar-refractivity contribution >= 4 is 37.8 Å². The van der Waals surface area contributed by atoms with Gasteiger partial charge in [-0.15, -0.1) is 6.58 Å². The molecule has 15 heteroatoms. The van der Waals surface area contributed by atoms with E-state index in [9.17, 15) is 24.0 Å². The van der Waals surface area contributed by atoms with Gasteiger partial charge in [0.25, 0.3) is 0 Å². The fourth-order valence-electron chi connectivity index (χ4n) is 8.63. The van der Waals surface area contributed by atoms with Crippen LogP contribution in [0, 0.1) is 17.8 Å². The molecule has 1 saturated heterocycles. The van der Waals surface area contributed by atoms with Gasteiger partial charge in [-0.3, -0.25) is 24.1 Å². The summed E-state index contributed by atoms with van der Waals surface area (Å²) in [6.07, 6.45) is 1.59. The quantitative estimate of drug-likeness (QED) is 0.0710. The lowest BCUT2D eigenvalue weighted by Crippen LogP contribution is -2.65. The monoisotopic (exact) mass is 868 g/mol. The zero-order valence-electron chi connectivity index (χ0n) is 38.9. The summed E-state index contributed by atoms with van der Waals surface area (Å²) in [5.74, 6) is -3.28. The minimum absolute atomic E-state index is 0. The summed E-state index contributed by atoms with van der Waals surface area (Å²) < 4.78 is 45.0. The van der Waals surface area contributed by atoms with Crippen molar-refractivity contribution in [3.8, 4) is 0 Å². The second kappa shape index (κ2) is 25.2. The third-order valence-corrected chi connectivity index (χ3v) is 16.7. The Labute approximate surface area is 360 Å². The number of hydrogen-bond donors (Lipinski definition) is 0. The van der Waals surface area contributed by atoms with Gasteiger partial charge in [0.2, 0.25) is 0 Å². The standard InChI is InChI=1S/C45H75NO12Si.H2O/c1-16-23-52-45(13)27-29(7)41(57-44-43(55-34(12)49)40(46(14)15)42(32(10)53-44)54-33(11)48)31(9)37(58-59(18-3,19-4)20-5)26-39(51)56-36(17-2)35(25-30(8)47)24-28(6)21-22-38(45)50;/h16,21-22,24,29,31-32,35-37,40-44H,1,17-20,23,25-27H2,2-15H3;1H2/b22-21+,28-24+;/t29-,31-,32?,35?,36?,37+,40?,41-,42?,43?,44?,45-;/m0./s1. The van der Waals surface area contributed by atoms with Crippen LogP contribution in [0.3, 0.4) is 0 Å². The molecule has 7 unspecified atom stereocenters. The van der Waals surface area contributed by atoms with Crippen molar-refractivity contribution in [2.24, 2.45) is 17.8 Å². The van der Waals surface area contributed by atoms with Crippen LogP contribution in [-0.2, 0) is 56.8 Å². The van der Waals surface area contributed by atoms with Gasteiger partial charge in [-0.25, -0.2) is 0 Å². The number of carbonyl (C=O) groups is 5. The van der Waals surface area contributed by atoms with Crippen molar-refractivity contribution < 1.29 is 62.3 Å². The lowest BCUT2D eigenvalue weighted by Gasteiger charge is -2.49. The van der Waals surface area contributed by atoms with Crippen LogP contribution in [0.25, 0.3) is 0 Å². The Bertz CT molecular complexity index is 1490. The summed E-state index contributed by atoms with van der Waals surface area (Å²) >= 11 is 0. The first kappa shape index (κ1) is 55.0. The maximum absolute atomic E-state index is 14.3. The van der Waals surface area contributed by atoms with E-state index in [-0.39, 0.29) is 42.9 Å². The van der Waals surface area contributed by atoms with Crippen LogP contribution in [0.4, 0.5) is 0 Å². The van der Waals surface area contributed by atoms with Crippen molar-refractivity contribution in [3.05, 3.63) is 36.5 Å². The summed E-state index contributed by atoms with van der Waals surface area (Å²) in [7, 11) is 1.20. The van der Waals surface area contributed by atoms with E-state index in [1.54, 1.807) is 40.1 Å². The predicted octanol–water partition coefficient (Wildman–Crippen LogP) is 6.49. The first-order chi connectivity index (χ1) is 27.6. The molecule has 60 heavy (non-hydrogen) atoms. The number of nitrogens with zero attached hydrogens (tertiary/aromatic N) is 1. The average Bonchev–Trinajstić information content (AvgIpc) is 3.15. The van der Waals surface area contributed by atoms with Gasteiger partial charge in [0.1, 0.15) is 23.6 Å². The lowest BCUT2D eigenvalue weighted by atomic mass is 9.80. The highest BCUT2D eigenvalue weighted by molar-refractivity contribution is 6.73. The molecule has 1 fully saturated rings. The largest absolute Gasteiger partial charge is 0.462 e. The van der Waals surface area contributed by atoms with Crippen molar-refractivity contribution in [1.29, 1.82) is 0 Å². The lowest BCUT2D eigenvalue weighted by molar-refractivity contribution is -0.307. The van der Waals surface area contributed by atoms with E-state index in [1.165, 1.54) is 26.8 Å². The molecule has 0 aromatic carbocycles. The molecule has 2 aliphatic rings. The van der Waals surface area contributed by atoms with E-state index < -0.39 is 98.5 Å². The number of ether oxygens (including phenoxy) is 6. The fourth-order valence-corrected chi connectivity index (χ4v) is 11.6. The van der Waals surface area contributed by atoms with E-state index in [0.717, 1.165) is 23.7 Å². The number of Topliss-reactive ketones (excluding diaryl/α,β-unsaturated/α-hetero) is 1. The van der Waals surface area contributed by atoms with E-state index in [4.69, 9.17) is 32.8 Å². The van der Waals surface area contributed by atoms with Crippen LogP contribution in [0.2, 0.25) is 18.1 Å². The number of cyclic esters (lactones) is 1. The van der Waals surface area contributed by atoms with Gasteiger partial charge in [0, 0.05) is 32.1 Å². The van der Waals surface area contributed by atoms with E-state index in [2.05, 4.69) is 27.4 Å². The van der Waals surface area contributed by atoms with Crippen molar-refractivity contribution in [3.63, 3.8) is 0 Å². The first-order valence-electron chi connectivity index (χ1n) is 21.4. The van der Waals surface area contributed by atoms with Crippen LogP contribution >= 0.6 is 0 Å². The molecule has 2 aliphatic heterocycles. The number of allylic oxidation sites excluding steroid dienone is 2.